The van der Waals surface area contributed by atoms with Crippen molar-refractivity contribution in [3.63, 3.8) is 0 Å². The molecule has 2 N–H and O–H groups in total. The molecule has 0 radical (unpaired) electrons. The minimum absolute atomic E-state index is 0.0217. The molecular formula is C28H30N2O3. The van der Waals surface area contributed by atoms with E-state index in [0.29, 0.717) is 5.69 Å². The van der Waals surface area contributed by atoms with E-state index in [1.165, 1.54) is 11.1 Å². The second kappa shape index (κ2) is 9.90. The van der Waals surface area contributed by atoms with Crippen LogP contribution in [0.5, 0.6) is 0 Å². The molecule has 0 unspecified atom stereocenters. The Morgan fingerprint density at radius 3 is 2.06 bits per heavy atom. The molecule has 33 heavy (non-hydrogen) atoms. The minimum Gasteiger partial charge on any atom is -0.449 e. The third kappa shape index (κ3) is 4.92. The van der Waals surface area contributed by atoms with Crippen molar-refractivity contribution in [2.75, 3.05) is 11.9 Å². The fourth-order valence-electron chi connectivity index (χ4n) is 4.33. The van der Waals surface area contributed by atoms with Crippen molar-refractivity contribution in [1.82, 2.24) is 5.32 Å². The van der Waals surface area contributed by atoms with Crippen LogP contribution in [0.1, 0.15) is 42.9 Å². The monoisotopic (exact) mass is 442 g/mol. The Morgan fingerprint density at radius 2 is 1.48 bits per heavy atom. The van der Waals surface area contributed by atoms with Crippen molar-refractivity contribution in [2.24, 2.45) is 5.92 Å². The number of anilines is 1. The molecule has 0 saturated carbocycles. The van der Waals surface area contributed by atoms with Gasteiger partial charge in [0.05, 0.1) is 0 Å². The predicted molar refractivity (Wildman–Crippen MR) is 131 cm³/mol. The smallest absolute Gasteiger partial charge is 0.407 e. The average Bonchev–Trinajstić information content (AvgIpc) is 3.16. The summed E-state index contributed by atoms with van der Waals surface area (Å²) in [6.07, 6.45) is 0.163. The van der Waals surface area contributed by atoms with Crippen molar-refractivity contribution in [2.45, 2.75) is 39.2 Å². The van der Waals surface area contributed by atoms with Crippen LogP contribution in [0.15, 0.2) is 72.8 Å². The Kier molecular flexibility index (Phi) is 6.78. The highest BCUT2D eigenvalue weighted by atomic mass is 16.5. The predicted octanol–water partition coefficient (Wildman–Crippen LogP) is 5.89. The first-order chi connectivity index (χ1) is 16.0. The van der Waals surface area contributed by atoms with E-state index in [1.54, 1.807) is 0 Å². The van der Waals surface area contributed by atoms with E-state index < -0.39 is 12.1 Å². The topological polar surface area (TPSA) is 67.4 Å². The highest BCUT2D eigenvalue weighted by Gasteiger charge is 2.30. The zero-order chi connectivity index (χ0) is 23.4. The lowest BCUT2D eigenvalue weighted by molar-refractivity contribution is -0.119. The van der Waals surface area contributed by atoms with Crippen molar-refractivity contribution >= 4 is 17.7 Å². The van der Waals surface area contributed by atoms with Crippen LogP contribution in [0.2, 0.25) is 0 Å². The zero-order valence-corrected chi connectivity index (χ0v) is 19.3. The van der Waals surface area contributed by atoms with Crippen molar-refractivity contribution in [1.29, 1.82) is 0 Å². The highest BCUT2D eigenvalue weighted by molar-refractivity contribution is 5.96. The number of nitrogens with one attached hydrogen (secondary N) is 2. The number of aryl methyl sites for hydroxylation is 1. The number of alkyl carbamates (subject to hydrolysis) is 1. The summed E-state index contributed by atoms with van der Waals surface area (Å²) >= 11 is 0. The van der Waals surface area contributed by atoms with Gasteiger partial charge < -0.3 is 15.4 Å². The van der Waals surface area contributed by atoms with Crippen LogP contribution in [-0.2, 0) is 9.53 Å². The second-order valence-electron chi connectivity index (χ2n) is 8.69. The maximum Gasteiger partial charge on any atom is 0.407 e. The number of carbonyl (C=O) groups excluding carboxylic acids is 2. The van der Waals surface area contributed by atoms with Crippen LogP contribution in [0.4, 0.5) is 10.5 Å². The quantitative estimate of drug-likeness (QED) is 0.480. The Hall–Kier alpha value is -3.60. The summed E-state index contributed by atoms with van der Waals surface area (Å²) in [4.78, 5) is 25.7. The zero-order valence-electron chi connectivity index (χ0n) is 19.3. The molecule has 0 spiro atoms. The summed E-state index contributed by atoms with van der Waals surface area (Å²) in [5, 5.41) is 5.70. The molecule has 0 fully saturated rings. The molecule has 1 aliphatic rings. The maximum atomic E-state index is 12.9. The number of benzene rings is 3. The van der Waals surface area contributed by atoms with Crippen molar-refractivity contribution in [3.8, 4) is 11.1 Å². The highest BCUT2D eigenvalue weighted by Crippen LogP contribution is 2.44. The van der Waals surface area contributed by atoms with Crippen LogP contribution in [0.25, 0.3) is 11.1 Å². The van der Waals surface area contributed by atoms with Gasteiger partial charge >= 0.3 is 6.09 Å². The number of amides is 2. The van der Waals surface area contributed by atoms with E-state index in [9.17, 15) is 9.59 Å². The lowest BCUT2D eigenvalue weighted by atomic mass is 9.98. The van der Waals surface area contributed by atoms with Gasteiger partial charge in [0.2, 0.25) is 5.91 Å². The molecule has 0 aliphatic heterocycles. The first kappa shape index (κ1) is 22.6. The third-order valence-electron chi connectivity index (χ3n) is 6.43. The van der Waals surface area contributed by atoms with E-state index in [4.69, 9.17) is 4.74 Å². The molecular weight excluding hydrogens is 412 g/mol. The summed E-state index contributed by atoms with van der Waals surface area (Å²) in [6.45, 7) is 6.15. The Morgan fingerprint density at radius 1 is 0.909 bits per heavy atom. The van der Waals surface area contributed by atoms with Crippen molar-refractivity contribution < 1.29 is 14.3 Å². The van der Waals surface area contributed by atoms with Gasteiger partial charge in [-0.3, -0.25) is 4.79 Å². The molecule has 2 atom stereocenters. The molecule has 0 aromatic heterocycles. The molecule has 1 aliphatic carbocycles. The van der Waals surface area contributed by atoms with Crippen LogP contribution < -0.4 is 10.6 Å². The Bertz CT molecular complexity index is 1090. The summed E-state index contributed by atoms with van der Waals surface area (Å²) in [6, 6.07) is 23.3. The van der Waals surface area contributed by atoms with E-state index in [-0.39, 0.29) is 24.3 Å². The standard InChI is InChI=1S/C28H30N2O3/c1-4-19(3)26(27(31)29-20-15-13-18(2)14-16-20)30-28(32)33-17-25-23-11-7-5-9-21(23)22-10-6-8-12-24(22)25/h5-16,19,25-26H,4,17H2,1-3H3,(H,29,31)(H,30,32)/t19-,26+/m1/s1. The SMILES string of the molecule is CC[C@@H](C)[C@H](NC(=O)OCC1c2ccccc2-c2ccccc21)C(=O)Nc1ccc(C)cc1. The van der Waals surface area contributed by atoms with Crippen LogP contribution in [0, 0.1) is 12.8 Å². The molecule has 5 heteroatoms. The van der Waals surface area contributed by atoms with Gasteiger partial charge in [-0.2, -0.15) is 0 Å². The number of hydrogen-bond acceptors (Lipinski definition) is 3. The molecule has 0 bridgehead atoms. The lowest BCUT2D eigenvalue weighted by Gasteiger charge is -2.24. The lowest BCUT2D eigenvalue weighted by Crippen LogP contribution is -2.48. The third-order valence-corrected chi connectivity index (χ3v) is 6.43. The van der Waals surface area contributed by atoms with E-state index >= 15 is 0 Å². The molecule has 3 aromatic rings. The summed E-state index contributed by atoms with van der Waals surface area (Å²) in [7, 11) is 0. The molecule has 4 rings (SSSR count). The van der Waals surface area contributed by atoms with E-state index in [2.05, 4.69) is 34.9 Å². The second-order valence-corrected chi connectivity index (χ2v) is 8.69. The number of fused-ring (bicyclic) bond motifs is 3. The van der Waals surface area contributed by atoms with Gasteiger partial charge in [-0.15, -0.1) is 0 Å². The number of hydrogen-bond donors (Lipinski definition) is 2. The fraction of sp³-hybridized carbons (Fsp3) is 0.286. The first-order valence-corrected chi connectivity index (χ1v) is 11.5. The maximum absolute atomic E-state index is 12.9. The fourth-order valence-corrected chi connectivity index (χ4v) is 4.33. The average molecular weight is 443 g/mol. The van der Waals surface area contributed by atoms with E-state index in [1.807, 2.05) is 69.3 Å². The molecule has 5 nitrogen and oxygen atoms in total. The van der Waals surface area contributed by atoms with Crippen LogP contribution >= 0.6 is 0 Å². The largest absolute Gasteiger partial charge is 0.449 e. The van der Waals surface area contributed by atoms with Gasteiger partial charge in [-0.25, -0.2) is 4.79 Å². The number of rotatable bonds is 7. The Labute approximate surface area is 195 Å². The van der Waals surface area contributed by atoms with Gasteiger partial charge in [0.1, 0.15) is 12.6 Å². The molecule has 3 aromatic carbocycles. The molecule has 170 valence electrons. The molecule has 2 amide bonds. The van der Waals surface area contributed by atoms with E-state index in [0.717, 1.165) is 23.1 Å². The van der Waals surface area contributed by atoms with Crippen molar-refractivity contribution in [3.05, 3.63) is 89.5 Å². The summed E-state index contributed by atoms with van der Waals surface area (Å²) in [5.41, 5.74) is 6.48. The van der Waals surface area contributed by atoms with Gasteiger partial charge in [0, 0.05) is 11.6 Å². The van der Waals surface area contributed by atoms with Gasteiger partial charge in [0.15, 0.2) is 0 Å². The minimum atomic E-state index is -0.688. The molecule has 0 saturated heterocycles. The van der Waals surface area contributed by atoms with Gasteiger partial charge in [-0.1, -0.05) is 86.5 Å². The van der Waals surface area contributed by atoms with Gasteiger partial charge in [0.25, 0.3) is 0 Å². The summed E-state index contributed by atoms with van der Waals surface area (Å²) < 4.78 is 5.65. The normalized spacial score (nSPS) is 14.0. The summed E-state index contributed by atoms with van der Waals surface area (Å²) in [5.74, 6) is -0.316. The Balaban J connectivity index is 1.43. The number of carbonyl (C=O) groups is 2. The first-order valence-electron chi connectivity index (χ1n) is 11.5. The van der Waals surface area contributed by atoms with Gasteiger partial charge in [-0.05, 0) is 47.2 Å². The van der Waals surface area contributed by atoms with Crippen LogP contribution in [0.3, 0.4) is 0 Å². The number of ether oxygens (including phenoxy) is 1. The molecule has 0 heterocycles. The van der Waals surface area contributed by atoms with Crippen LogP contribution in [-0.4, -0.2) is 24.6 Å².